The van der Waals surface area contributed by atoms with Gasteiger partial charge in [-0.2, -0.15) is 0 Å². The van der Waals surface area contributed by atoms with Gasteiger partial charge >= 0.3 is 0 Å². The van der Waals surface area contributed by atoms with Crippen molar-refractivity contribution in [2.24, 2.45) is 0 Å². The number of aliphatic hydroxyl groups is 1. The van der Waals surface area contributed by atoms with Crippen LogP contribution in [0.4, 0.5) is 0 Å². The Labute approximate surface area is 122 Å². The molecule has 2 aromatic rings. The molecule has 2 nitrogen and oxygen atoms in total. The van der Waals surface area contributed by atoms with Crippen molar-refractivity contribution in [1.29, 1.82) is 0 Å². The molecule has 0 saturated heterocycles. The molecule has 2 aromatic carbocycles. The number of rotatable bonds is 4. The number of ether oxygens (including phenoxy) is 1. The molecule has 4 heteroatoms. The molecule has 0 aliphatic carbocycles. The Kier molecular flexibility index (Phi) is 4.70. The van der Waals surface area contributed by atoms with Crippen molar-refractivity contribution < 1.29 is 9.84 Å². The van der Waals surface area contributed by atoms with Crippen molar-refractivity contribution in [2.75, 3.05) is 0 Å². The van der Waals surface area contributed by atoms with Crippen molar-refractivity contribution in [1.82, 2.24) is 0 Å². The SMILES string of the molecule is C[C@@H](O)c1ccc(OCc2ccc(Cl)c(Cl)c2)cc1. The van der Waals surface area contributed by atoms with Gasteiger partial charge in [0.05, 0.1) is 16.1 Å². The fraction of sp³-hybridized carbons (Fsp3) is 0.200. The minimum absolute atomic E-state index is 0.422. The Morgan fingerprint density at radius 3 is 2.32 bits per heavy atom. The lowest BCUT2D eigenvalue weighted by atomic mass is 10.1. The van der Waals surface area contributed by atoms with Crippen molar-refractivity contribution in [2.45, 2.75) is 19.6 Å². The van der Waals surface area contributed by atoms with Crippen molar-refractivity contribution >= 4 is 23.2 Å². The van der Waals surface area contributed by atoms with E-state index in [9.17, 15) is 5.11 Å². The van der Waals surface area contributed by atoms with Crippen LogP contribution in [0.15, 0.2) is 42.5 Å². The second-order valence-electron chi connectivity index (χ2n) is 4.28. The monoisotopic (exact) mass is 296 g/mol. The van der Waals surface area contributed by atoms with Gasteiger partial charge in [0.1, 0.15) is 12.4 Å². The molecule has 19 heavy (non-hydrogen) atoms. The maximum atomic E-state index is 9.41. The standard InChI is InChI=1S/C15H14Cl2O2/c1-10(18)12-3-5-13(6-4-12)19-9-11-2-7-14(16)15(17)8-11/h2-8,10,18H,9H2,1H3/t10-/m1/s1. The lowest BCUT2D eigenvalue weighted by Crippen LogP contribution is -1.96. The van der Waals surface area contributed by atoms with Crippen LogP contribution in [0, 0.1) is 0 Å². The largest absolute Gasteiger partial charge is 0.489 e. The van der Waals surface area contributed by atoms with E-state index in [2.05, 4.69) is 0 Å². The second kappa shape index (κ2) is 6.29. The molecular formula is C15H14Cl2O2. The molecule has 0 bridgehead atoms. The molecule has 0 saturated carbocycles. The Hall–Kier alpha value is -1.22. The van der Waals surface area contributed by atoms with E-state index in [4.69, 9.17) is 27.9 Å². The third-order valence-corrected chi connectivity index (χ3v) is 3.49. The molecule has 0 aliphatic heterocycles. The average molecular weight is 297 g/mol. The van der Waals surface area contributed by atoms with Crippen LogP contribution in [0.25, 0.3) is 0 Å². The lowest BCUT2D eigenvalue weighted by molar-refractivity contribution is 0.199. The zero-order valence-corrected chi connectivity index (χ0v) is 11.9. The van der Waals surface area contributed by atoms with Crippen molar-refractivity contribution in [3.8, 4) is 5.75 Å². The lowest BCUT2D eigenvalue weighted by Gasteiger charge is -2.09. The zero-order chi connectivity index (χ0) is 13.8. The minimum atomic E-state index is -0.468. The predicted octanol–water partition coefficient (Wildman–Crippen LogP) is 4.63. The third kappa shape index (κ3) is 3.87. The van der Waals surface area contributed by atoms with Crippen LogP contribution in [0.5, 0.6) is 5.75 Å². The topological polar surface area (TPSA) is 29.5 Å². The predicted molar refractivity (Wildman–Crippen MR) is 77.9 cm³/mol. The third-order valence-electron chi connectivity index (χ3n) is 2.75. The summed E-state index contributed by atoms with van der Waals surface area (Å²) in [7, 11) is 0. The van der Waals surface area contributed by atoms with Gasteiger partial charge in [-0.1, -0.05) is 41.4 Å². The van der Waals surface area contributed by atoms with Crippen LogP contribution in [-0.4, -0.2) is 5.11 Å². The van der Waals surface area contributed by atoms with E-state index in [0.717, 1.165) is 16.9 Å². The van der Waals surface area contributed by atoms with Crippen LogP contribution in [0.3, 0.4) is 0 Å². The first-order valence-electron chi connectivity index (χ1n) is 5.91. The first-order valence-corrected chi connectivity index (χ1v) is 6.66. The summed E-state index contributed by atoms with van der Waals surface area (Å²) in [6, 6.07) is 12.8. The highest BCUT2D eigenvalue weighted by Crippen LogP contribution is 2.24. The molecule has 0 fully saturated rings. The van der Waals surface area contributed by atoms with E-state index in [0.29, 0.717) is 16.7 Å². The van der Waals surface area contributed by atoms with Gasteiger partial charge in [0.2, 0.25) is 0 Å². The Bertz CT molecular complexity index is 551. The number of hydrogen-bond acceptors (Lipinski definition) is 2. The average Bonchev–Trinajstić information content (AvgIpc) is 2.40. The highest BCUT2D eigenvalue weighted by atomic mass is 35.5. The molecule has 0 radical (unpaired) electrons. The Morgan fingerprint density at radius 1 is 1.05 bits per heavy atom. The summed E-state index contributed by atoms with van der Waals surface area (Å²) in [5, 5.41) is 10.5. The highest BCUT2D eigenvalue weighted by Gasteiger charge is 2.03. The Morgan fingerprint density at radius 2 is 1.74 bits per heavy atom. The maximum Gasteiger partial charge on any atom is 0.119 e. The van der Waals surface area contributed by atoms with E-state index >= 15 is 0 Å². The molecule has 0 heterocycles. The molecular weight excluding hydrogens is 283 g/mol. The summed E-state index contributed by atoms with van der Waals surface area (Å²) in [5.74, 6) is 0.746. The Balaban J connectivity index is 2.00. The van der Waals surface area contributed by atoms with Gasteiger partial charge in [-0.3, -0.25) is 0 Å². The molecule has 100 valence electrons. The first-order chi connectivity index (χ1) is 9.06. The van der Waals surface area contributed by atoms with Crippen molar-refractivity contribution in [3.05, 3.63) is 63.6 Å². The summed E-state index contributed by atoms with van der Waals surface area (Å²) >= 11 is 11.8. The molecule has 0 spiro atoms. The van der Waals surface area contributed by atoms with Gasteiger partial charge in [0, 0.05) is 0 Å². The van der Waals surface area contributed by atoms with Crippen LogP contribution < -0.4 is 4.74 Å². The van der Waals surface area contributed by atoms with Gasteiger partial charge in [0.15, 0.2) is 0 Å². The zero-order valence-electron chi connectivity index (χ0n) is 10.4. The van der Waals surface area contributed by atoms with Crippen molar-refractivity contribution in [3.63, 3.8) is 0 Å². The fourth-order valence-electron chi connectivity index (χ4n) is 1.64. The second-order valence-corrected chi connectivity index (χ2v) is 5.10. The first kappa shape index (κ1) is 14.2. The number of halogens is 2. The van der Waals surface area contributed by atoms with Crippen LogP contribution in [0.2, 0.25) is 10.0 Å². The molecule has 0 aromatic heterocycles. The highest BCUT2D eigenvalue weighted by molar-refractivity contribution is 6.42. The van der Waals surface area contributed by atoms with Crippen LogP contribution >= 0.6 is 23.2 Å². The van der Waals surface area contributed by atoms with E-state index in [1.165, 1.54) is 0 Å². The number of benzene rings is 2. The van der Waals surface area contributed by atoms with Gasteiger partial charge in [-0.25, -0.2) is 0 Å². The molecule has 2 rings (SSSR count). The van der Waals surface area contributed by atoms with E-state index in [-0.39, 0.29) is 0 Å². The molecule has 1 atom stereocenters. The number of aliphatic hydroxyl groups excluding tert-OH is 1. The summed E-state index contributed by atoms with van der Waals surface area (Å²) in [4.78, 5) is 0. The molecule has 0 aliphatic rings. The maximum absolute atomic E-state index is 9.41. The smallest absolute Gasteiger partial charge is 0.119 e. The van der Waals surface area contributed by atoms with Gasteiger partial charge in [-0.05, 0) is 42.3 Å². The fourth-order valence-corrected chi connectivity index (χ4v) is 1.96. The molecule has 0 amide bonds. The number of hydrogen-bond donors (Lipinski definition) is 1. The van der Waals surface area contributed by atoms with Gasteiger partial charge in [0.25, 0.3) is 0 Å². The van der Waals surface area contributed by atoms with Crippen LogP contribution in [-0.2, 0) is 6.61 Å². The molecule has 0 unspecified atom stereocenters. The van der Waals surface area contributed by atoms with E-state index in [1.54, 1.807) is 19.1 Å². The summed E-state index contributed by atoms with van der Waals surface area (Å²) in [6.07, 6.45) is -0.468. The quantitative estimate of drug-likeness (QED) is 0.891. The summed E-state index contributed by atoms with van der Waals surface area (Å²) in [6.45, 7) is 2.15. The van der Waals surface area contributed by atoms with E-state index < -0.39 is 6.10 Å². The molecule has 1 N–H and O–H groups in total. The minimum Gasteiger partial charge on any atom is -0.489 e. The van der Waals surface area contributed by atoms with Gasteiger partial charge < -0.3 is 9.84 Å². The normalized spacial score (nSPS) is 12.2. The van der Waals surface area contributed by atoms with Gasteiger partial charge in [-0.15, -0.1) is 0 Å². The summed E-state index contributed by atoms with van der Waals surface area (Å²) in [5.41, 5.74) is 1.82. The summed E-state index contributed by atoms with van der Waals surface area (Å²) < 4.78 is 5.64. The van der Waals surface area contributed by atoms with Crippen LogP contribution in [0.1, 0.15) is 24.2 Å². The van der Waals surface area contributed by atoms with E-state index in [1.807, 2.05) is 30.3 Å².